The van der Waals surface area contributed by atoms with Crippen LogP contribution in [0, 0.1) is 13.8 Å². The van der Waals surface area contributed by atoms with Gasteiger partial charge in [0.15, 0.2) is 9.84 Å². The zero-order chi connectivity index (χ0) is 17.5. The van der Waals surface area contributed by atoms with E-state index in [4.69, 9.17) is 0 Å². The highest BCUT2D eigenvalue weighted by Gasteiger charge is 2.39. The molecule has 24 heavy (non-hydrogen) atoms. The summed E-state index contributed by atoms with van der Waals surface area (Å²) in [4.78, 5) is 1.60. The summed E-state index contributed by atoms with van der Waals surface area (Å²) in [6, 6.07) is 5.52. The highest BCUT2D eigenvalue weighted by atomic mass is 32.2. The highest BCUT2D eigenvalue weighted by Crippen LogP contribution is 2.21. The molecule has 6 nitrogen and oxygen atoms in total. The number of sulfonamides is 1. The van der Waals surface area contributed by atoms with Gasteiger partial charge in [-0.15, -0.1) is 0 Å². The molecule has 1 aromatic carbocycles. The van der Waals surface area contributed by atoms with Gasteiger partial charge in [-0.1, -0.05) is 17.7 Å². The normalized spacial score (nSPS) is 25.8. The summed E-state index contributed by atoms with van der Waals surface area (Å²) in [7, 11) is -6.37. The predicted octanol–water partition coefficient (Wildman–Crippen LogP) is -0.620. The standard InChI is InChI=1S/C16H24N2O4S2/c1-13-3-4-16(14(2)11-13)24(21,22)18-8-6-17(7-9-18)15-5-10-23(19,20)12-15/h3-4,11,15H,5-10,12H2,1-2H3/p+1/t15-/m0/s1. The molecule has 1 aromatic rings. The van der Waals surface area contributed by atoms with Crippen molar-refractivity contribution in [2.75, 3.05) is 37.7 Å². The number of hydrogen-bond acceptors (Lipinski definition) is 4. The number of piperazine rings is 1. The quantitative estimate of drug-likeness (QED) is 0.766. The van der Waals surface area contributed by atoms with Crippen molar-refractivity contribution in [2.45, 2.75) is 31.2 Å². The van der Waals surface area contributed by atoms with Crippen LogP contribution in [-0.4, -0.2) is 64.9 Å². The van der Waals surface area contributed by atoms with E-state index in [9.17, 15) is 16.8 Å². The Labute approximate surface area is 144 Å². The van der Waals surface area contributed by atoms with Crippen LogP contribution in [0.5, 0.6) is 0 Å². The molecule has 0 spiro atoms. The van der Waals surface area contributed by atoms with Gasteiger partial charge in [0.25, 0.3) is 0 Å². The first-order valence-corrected chi connectivity index (χ1v) is 11.6. The molecule has 8 heteroatoms. The number of quaternary nitrogens is 1. The summed E-state index contributed by atoms with van der Waals surface area (Å²) in [5.41, 5.74) is 1.81. The number of nitrogens with zero attached hydrogens (tertiary/aromatic N) is 1. The van der Waals surface area contributed by atoms with Crippen LogP contribution in [0.3, 0.4) is 0 Å². The minimum atomic E-state index is -3.48. The molecule has 0 amide bonds. The van der Waals surface area contributed by atoms with Gasteiger partial charge in [0.1, 0.15) is 11.8 Å². The third kappa shape index (κ3) is 3.51. The second kappa shape index (κ2) is 6.40. The van der Waals surface area contributed by atoms with Gasteiger partial charge < -0.3 is 4.90 Å². The molecule has 0 aliphatic carbocycles. The lowest BCUT2D eigenvalue weighted by Crippen LogP contribution is -3.18. The SMILES string of the molecule is Cc1ccc(S(=O)(=O)N2CC[NH+]([C@H]3CCS(=O)(=O)C3)CC2)c(C)c1. The molecule has 0 radical (unpaired) electrons. The Morgan fingerprint density at radius 3 is 2.38 bits per heavy atom. The fourth-order valence-corrected chi connectivity index (χ4v) is 7.24. The van der Waals surface area contributed by atoms with E-state index in [1.54, 1.807) is 6.07 Å². The maximum absolute atomic E-state index is 12.9. The van der Waals surface area contributed by atoms with Gasteiger partial charge in [0.05, 0.1) is 36.8 Å². The van der Waals surface area contributed by atoms with Gasteiger partial charge in [-0.05, 0) is 25.5 Å². The Morgan fingerprint density at radius 2 is 1.83 bits per heavy atom. The first kappa shape index (κ1) is 17.8. The molecular weight excluding hydrogens is 348 g/mol. The zero-order valence-corrected chi connectivity index (χ0v) is 15.8. The van der Waals surface area contributed by atoms with Crippen LogP contribution in [0.4, 0.5) is 0 Å². The molecule has 2 aliphatic rings. The largest absolute Gasteiger partial charge is 0.329 e. The van der Waals surface area contributed by atoms with Crippen LogP contribution in [0.15, 0.2) is 23.1 Å². The van der Waals surface area contributed by atoms with E-state index >= 15 is 0 Å². The van der Waals surface area contributed by atoms with Crippen molar-refractivity contribution in [3.63, 3.8) is 0 Å². The summed E-state index contributed by atoms with van der Waals surface area (Å²) in [5.74, 6) is 0.512. The van der Waals surface area contributed by atoms with E-state index in [0.29, 0.717) is 37.5 Å². The Hall–Kier alpha value is -0.960. The number of benzene rings is 1. The Balaban J connectivity index is 1.70. The second-order valence-corrected chi connectivity index (χ2v) is 11.1. The molecule has 1 N–H and O–H groups in total. The van der Waals surface area contributed by atoms with Crippen molar-refractivity contribution in [3.8, 4) is 0 Å². The maximum Gasteiger partial charge on any atom is 0.243 e. The lowest BCUT2D eigenvalue weighted by Gasteiger charge is -2.34. The average molecular weight is 374 g/mol. The Morgan fingerprint density at radius 1 is 1.17 bits per heavy atom. The van der Waals surface area contributed by atoms with Gasteiger partial charge in [0, 0.05) is 6.42 Å². The summed E-state index contributed by atoms with van der Waals surface area (Å²) in [6.45, 7) is 6.00. The molecule has 1 atom stereocenters. The molecule has 2 aliphatic heterocycles. The van der Waals surface area contributed by atoms with Crippen molar-refractivity contribution >= 4 is 19.9 Å². The monoisotopic (exact) mass is 373 g/mol. The van der Waals surface area contributed by atoms with E-state index in [0.717, 1.165) is 11.1 Å². The zero-order valence-electron chi connectivity index (χ0n) is 14.2. The minimum absolute atomic E-state index is 0.126. The molecule has 0 bridgehead atoms. The smallest absolute Gasteiger partial charge is 0.243 e. The molecule has 2 fully saturated rings. The van der Waals surface area contributed by atoms with Crippen molar-refractivity contribution < 1.29 is 21.7 Å². The summed E-state index contributed by atoms with van der Waals surface area (Å²) in [5, 5.41) is 0. The predicted molar refractivity (Wildman–Crippen MR) is 92.4 cm³/mol. The lowest BCUT2D eigenvalue weighted by molar-refractivity contribution is -0.925. The highest BCUT2D eigenvalue weighted by molar-refractivity contribution is 7.91. The number of rotatable bonds is 3. The van der Waals surface area contributed by atoms with Crippen molar-refractivity contribution in [1.29, 1.82) is 0 Å². The van der Waals surface area contributed by atoms with Crippen LogP contribution in [-0.2, 0) is 19.9 Å². The molecule has 3 rings (SSSR count). The topological polar surface area (TPSA) is 76.0 Å². The molecule has 0 aromatic heterocycles. The van der Waals surface area contributed by atoms with E-state index in [1.807, 2.05) is 26.0 Å². The van der Waals surface area contributed by atoms with Gasteiger partial charge in [-0.3, -0.25) is 0 Å². The molecule has 134 valence electrons. The Bertz CT molecular complexity index is 826. The molecule has 0 saturated carbocycles. The van der Waals surface area contributed by atoms with E-state index in [1.165, 1.54) is 9.21 Å². The van der Waals surface area contributed by atoms with Crippen molar-refractivity contribution in [1.82, 2.24) is 4.31 Å². The van der Waals surface area contributed by atoms with E-state index < -0.39 is 19.9 Å². The summed E-state index contributed by atoms with van der Waals surface area (Å²) < 4.78 is 50.6. The van der Waals surface area contributed by atoms with Crippen LogP contribution in [0.1, 0.15) is 17.5 Å². The van der Waals surface area contributed by atoms with E-state index in [2.05, 4.69) is 0 Å². The van der Waals surface area contributed by atoms with E-state index in [-0.39, 0.29) is 17.5 Å². The van der Waals surface area contributed by atoms with Crippen molar-refractivity contribution in [2.24, 2.45) is 0 Å². The number of aryl methyl sites for hydroxylation is 2. The van der Waals surface area contributed by atoms with Crippen molar-refractivity contribution in [3.05, 3.63) is 29.3 Å². The second-order valence-electron chi connectivity index (χ2n) is 6.93. The first-order valence-electron chi connectivity index (χ1n) is 8.31. The van der Waals surface area contributed by atoms with Crippen LogP contribution in [0.2, 0.25) is 0 Å². The first-order chi connectivity index (χ1) is 11.2. The van der Waals surface area contributed by atoms with Crippen LogP contribution >= 0.6 is 0 Å². The van der Waals surface area contributed by atoms with Gasteiger partial charge >= 0.3 is 0 Å². The van der Waals surface area contributed by atoms with Gasteiger partial charge in [-0.2, -0.15) is 4.31 Å². The molecular formula is C16H25N2O4S2+. The molecule has 2 heterocycles. The minimum Gasteiger partial charge on any atom is -0.329 e. The number of sulfone groups is 1. The fourth-order valence-electron chi connectivity index (χ4n) is 3.77. The van der Waals surface area contributed by atoms with Gasteiger partial charge in [-0.25, -0.2) is 16.8 Å². The molecule has 0 unspecified atom stereocenters. The maximum atomic E-state index is 12.9. The van der Waals surface area contributed by atoms with Gasteiger partial charge in [0.2, 0.25) is 10.0 Å². The van der Waals surface area contributed by atoms with Crippen LogP contribution in [0.25, 0.3) is 0 Å². The summed E-state index contributed by atoms with van der Waals surface area (Å²) >= 11 is 0. The fraction of sp³-hybridized carbons (Fsp3) is 0.625. The molecule has 2 saturated heterocycles. The average Bonchev–Trinajstić information content (AvgIpc) is 2.87. The summed E-state index contributed by atoms with van der Waals surface area (Å²) in [6.07, 6.45) is 0.696. The lowest BCUT2D eigenvalue weighted by atomic mass is 10.2. The third-order valence-electron chi connectivity index (χ3n) is 5.12. The van der Waals surface area contributed by atoms with Crippen LogP contribution < -0.4 is 4.90 Å². The number of nitrogens with one attached hydrogen (secondary N) is 1. The number of hydrogen-bond donors (Lipinski definition) is 1. The Kier molecular flexibility index (Phi) is 4.76. The third-order valence-corrected chi connectivity index (χ3v) is 8.95.